The number of benzene rings is 1. The first kappa shape index (κ1) is 20.4. The number of hydrogen-bond acceptors (Lipinski definition) is 7. The molecule has 2 heterocycles. The topological polar surface area (TPSA) is 100 Å². The van der Waals surface area contributed by atoms with Crippen molar-refractivity contribution in [1.29, 1.82) is 5.41 Å². The highest BCUT2D eigenvalue weighted by molar-refractivity contribution is 6.36. The van der Waals surface area contributed by atoms with E-state index in [0.717, 1.165) is 38.3 Å². The van der Waals surface area contributed by atoms with Gasteiger partial charge in [0.2, 0.25) is 0 Å². The van der Waals surface area contributed by atoms with Gasteiger partial charge in [0.05, 0.1) is 24.0 Å². The van der Waals surface area contributed by atoms with E-state index in [4.69, 9.17) is 27.5 Å². The van der Waals surface area contributed by atoms with Crippen molar-refractivity contribution in [2.24, 2.45) is 5.41 Å². The Morgan fingerprint density at radius 2 is 2.11 bits per heavy atom. The van der Waals surface area contributed by atoms with Crippen LogP contribution in [0.25, 0.3) is 0 Å². The molecule has 1 aliphatic rings. The zero-order valence-corrected chi connectivity index (χ0v) is 17.3. The van der Waals surface area contributed by atoms with Gasteiger partial charge in [-0.2, -0.15) is 0 Å². The number of hydrogen-bond donors (Lipinski definition) is 3. The monoisotopic (exact) mass is 402 g/mol. The highest BCUT2D eigenvalue weighted by Crippen LogP contribution is 2.33. The molecule has 1 fully saturated rings. The summed E-state index contributed by atoms with van der Waals surface area (Å²) >= 11 is 6.34. The Balaban J connectivity index is 1.79. The molecule has 8 heteroatoms. The molecule has 0 amide bonds. The summed E-state index contributed by atoms with van der Waals surface area (Å²) in [5.74, 6) is 1.48. The van der Waals surface area contributed by atoms with Gasteiger partial charge in [-0.25, -0.2) is 9.97 Å². The summed E-state index contributed by atoms with van der Waals surface area (Å²) in [5.41, 5.74) is 7.41. The lowest BCUT2D eigenvalue weighted by atomic mass is 9.80. The second-order valence-electron chi connectivity index (χ2n) is 7.49. The molecule has 150 valence electrons. The quantitative estimate of drug-likeness (QED) is 0.642. The van der Waals surface area contributed by atoms with E-state index in [0.29, 0.717) is 27.4 Å². The van der Waals surface area contributed by atoms with Gasteiger partial charge in [0.1, 0.15) is 17.3 Å². The Morgan fingerprint density at radius 1 is 1.39 bits per heavy atom. The van der Waals surface area contributed by atoms with Gasteiger partial charge in [-0.1, -0.05) is 30.7 Å². The Kier molecular flexibility index (Phi) is 6.05. The van der Waals surface area contributed by atoms with Crippen LogP contribution in [-0.4, -0.2) is 49.5 Å². The van der Waals surface area contributed by atoms with Crippen molar-refractivity contribution in [3.8, 4) is 5.75 Å². The van der Waals surface area contributed by atoms with Crippen molar-refractivity contribution in [2.75, 3.05) is 44.4 Å². The maximum atomic E-state index is 8.49. The Morgan fingerprint density at radius 3 is 2.71 bits per heavy atom. The number of nitrogens with zero attached hydrogens (tertiary/aromatic N) is 3. The van der Waals surface area contributed by atoms with Crippen LogP contribution in [0.1, 0.15) is 31.0 Å². The van der Waals surface area contributed by atoms with E-state index < -0.39 is 0 Å². The number of methoxy groups -OCH3 is 1. The summed E-state index contributed by atoms with van der Waals surface area (Å²) in [5, 5.41) is 12.1. The number of nitrogens with two attached hydrogens (primary N) is 1. The van der Waals surface area contributed by atoms with Gasteiger partial charge in [0, 0.05) is 25.2 Å². The lowest BCUT2D eigenvalue weighted by molar-refractivity contribution is 0.242. The summed E-state index contributed by atoms with van der Waals surface area (Å²) < 4.78 is 5.23. The molecular formula is C20H27ClN6O. The van der Waals surface area contributed by atoms with Gasteiger partial charge in [0.15, 0.2) is 5.82 Å². The molecule has 0 radical (unpaired) electrons. The van der Waals surface area contributed by atoms with Gasteiger partial charge in [-0.15, -0.1) is 0 Å². The van der Waals surface area contributed by atoms with E-state index in [1.54, 1.807) is 24.4 Å². The molecule has 0 spiro atoms. The summed E-state index contributed by atoms with van der Waals surface area (Å²) in [6.45, 7) is 5.13. The summed E-state index contributed by atoms with van der Waals surface area (Å²) in [6, 6.07) is 5.27. The average Bonchev–Trinajstić information content (AvgIpc) is 2.68. The summed E-state index contributed by atoms with van der Waals surface area (Å²) in [7, 11) is 3.53. The van der Waals surface area contributed by atoms with Crippen LogP contribution in [-0.2, 0) is 0 Å². The molecule has 4 N–H and O–H groups in total. The van der Waals surface area contributed by atoms with Crippen LogP contribution >= 0.6 is 11.6 Å². The summed E-state index contributed by atoms with van der Waals surface area (Å²) in [6.07, 6.45) is 3.84. The molecule has 2 aromatic rings. The predicted molar refractivity (Wildman–Crippen MR) is 114 cm³/mol. The smallest absolute Gasteiger partial charge is 0.154 e. The molecule has 3 rings (SSSR count). The van der Waals surface area contributed by atoms with Crippen molar-refractivity contribution in [3.05, 3.63) is 40.7 Å². The molecule has 0 aliphatic carbocycles. The number of piperidine rings is 1. The minimum Gasteiger partial charge on any atom is -0.495 e. The largest absolute Gasteiger partial charge is 0.495 e. The van der Waals surface area contributed by atoms with Crippen molar-refractivity contribution < 1.29 is 4.74 Å². The molecular weight excluding hydrogens is 376 g/mol. The first-order valence-electron chi connectivity index (χ1n) is 9.32. The highest BCUT2D eigenvalue weighted by atomic mass is 35.5. The first-order valence-corrected chi connectivity index (χ1v) is 9.70. The fourth-order valence-corrected chi connectivity index (χ4v) is 3.90. The molecule has 7 nitrogen and oxygen atoms in total. The van der Waals surface area contributed by atoms with E-state index in [2.05, 4.69) is 27.1 Å². The Hall–Kier alpha value is -2.38. The lowest BCUT2D eigenvalue weighted by Gasteiger charge is -2.39. The van der Waals surface area contributed by atoms with Gasteiger partial charge in [-0.05, 0) is 31.4 Å². The molecule has 28 heavy (non-hydrogen) atoms. The third-order valence-corrected chi connectivity index (χ3v) is 5.76. The Bertz CT molecular complexity index is 864. The fourth-order valence-electron chi connectivity index (χ4n) is 3.61. The van der Waals surface area contributed by atoms with E-state index in [1.807, 2.05) is 7.05 Å². The van der Waals surface area contributed by atoms with Crippen LogP contribution in [0, 0.1) is 10.8 Å². The number of rotatable bonds is 6. The zero-order chi connectivity index (χ0) is 20.3. The minimum absolute atomic E-state index is 0.126. The second kappa shape index (κ2) is 8.32. The minimum atomic E-state index is 0.126. The maximum Gasteiger partial charge on any atom is 0.154 e. The van der Waals surface area contributed by atoms with Crippen molar-refractivity contribution in [2.45, 2.75) is 19.8 Å². The molecule has 1 aromatic carbocycles. The fraction of sp³-hybridized carbons (Fsp3) is 0.450. The van der Waals surface area contributed by atoms with Crippen molar-refractivity contribution in [1.82, 2.24) is 15.3 Å². The van der Waals surface area contributed by atoms with Gasteiger partial charge in [0.25, 0.3) is 0 Å². The van der Waals surface area contributed by atoms with E-state index in [1.165, 1.54) is 7.11 Å². The van der Waals surface area contributed by atoms with Crippen LogP contribution in [0.3, 0.4) is 0 Å². The van der Waals surface area contributed by atoms with Gasteiger partial charge in [-0.3, -0.25) is 5.41 Å². The SMILES string of the molecule is CNCC1(C)CCN(c2cnc(C(=N)c3cccc(OC)c3Cl)c(N)n2)CC1. The average molecular weight is 403 g/mol. The van der Waals surface area contributed by atoms with Crippen LogP contribution in [0.5, 0.6) is 5.75 Å². The second-order valence-corrected chi connectivity index (χ2v) is 7.86. The van der Waals surface area contributed by atoms with E-state index >= 15 is 0 Å². The van der Waals surface area contributed by atoms with Gasteiger partial charge >= 0.3 is 0 Å². The zero-order valence-electron chi connectivity index (χ0n) is 16.6. The molecule has 1 aromatic heterocycles. The van der Waals surface area contributed by atoms with E-state index in [-0.39, 0.29) is 11.5 Å². The maximum absolute atomic E-state index is 8.49. The van der Waals surface area contributed by atoms with Crippen LogP contribution < -0.4 is 20.7 Å². The van der Waals surface area contributed by atoms with Crippen molar-refractivity contribution in [3.63, 3.8) is 0 Å². The number of nitrogen functional groups attached to an aromatic ring is 1. The molecule has 0 atom stereocenters. The molecule has 0 unspecified atom stereocenters. The van der Waals surface area contributed by atoms with Crippen molar-refractivity contribution >= 4 is 28.9 Å². The number of halogens is 1. The molecule has 0 saturated carbocycles. The number of ether oxygens (including phenoxy) is 1. The molecule has 1 saturated heterocycles. The number of aromatic nitrogens is 2. The summed E-state index contributed by atoms with van der Waals surface area (Å²) in [4.78, 5) is 11.2. The lowest BCUT2D eigenvalue weighted by Crippen LogP contribution is -2.43. The standard InChI is InChI=1S/C20H27ClN6O/c1-20(12-24-2)7-9-27(10-8-20)15-11-25-18(19(23)26-15)17(22)13-5-4-6-14(28-3)16(13)21/h4-6,11,22,24H,7-10,12H2,1-3H3,(H2,23,26). The predicted octanol–water partition coefficient (Wildman–Crippen LogP) is 2.96. The van der Waals surface area contributed by atoms with Crippen LogP contribution in [0.2, 0.25) is 5.02 Å². The molecule has 0 bridgehead atoms. The van der Waals surface area contributed by atoms with Crippen LogP contribution in [0.15, 0.2) is 24.4 Å². The highest BCUT2D eigenvalue weighted by Gasteiger charge is 2.30. The normalized spacial score (nSPS) is 16.1. The first-order chi connectivity index (χ1) is 13.4. The Labute approximate surface area is 170 Å². The number of nitrogens with one attached hydrogen (secondary N) is 2. The number of anilines is 2. The third kappa shape index (κ3) is 4.05. The van der Waals surface area contributed by atoms with Gasteiger partial charge < -0.3 is 20.7 Å². The van der Waals surface area contributed by atoms with E-state index in [9.17, 15) is 0 Å². The third-order valence-electron chi connectivity index (χ3n) is 5.37. The molecule has 1 aliphatic heterocycles. The van der Waals surface area contributed by atoms with Crippen LogP contribution in [0.4, 0.5) is 11.6 Å².